The molecule has 6 aliphatic rings. The minimum atomic E-state index is 0.722. The molecule has 0 aromatic heterocycles. The zero-order valence-electron chi connectivity index (χ0n) is 38.6. The van der Waals surface area contributed by atoms with Crippen molar-refractivity contribution in [3.63, 3.8) is 0 Å². The lowest BCUT2D eigenvalue weighted by atomic mass is 10.3. The molecule has 0 unspecified atom stereocenters. The highest BCUT2D eigenvalue weighted by Gasteiger charge is 2.11. The van der Waals surface area contributed by atoms with Gasteiger partial charge in [-0.1, -0.05) is 13.8 Å². The van der Waals surface area contributed by atoms with Crippen molar-refractivity contribution < 1.29 is 0 Å². The molecule has 364 valence electrons. The fraction of sp³-hybridized carbons (Fsp3) is 1.00. The molecule has 6 aliphatic heterocycles. The predicted octanol–water partition coefficient (Wildman–Crippen LogP) is -3.72. The van der Waals surface area contributed by atoms with Gasteiger partial charge < -0.3 is 63.4 Å². The van der Waals surface area contributed by atoms with Crippen LogP contribution < -0.4 is 58.5 Å². The van der Waals surface area contributed by atoms with Gasteiger partial charge in [-0.2, -0.15) is 0 Å². The van der Waals surface area contributed by atoms with Crippen molar-refractivity contribution in [1.82, 2.24) is 83.0 Å². The van der Waals surface area contributed by atoms with Gasteiger partial charge in [0.1, 0.15) is 0 Å². The van der Waals surface area contributed by atoms with E-state index in [1.165, 1.54) is 0 Å². The number of rotatable bonds is 1. The van der Waals surface area contributed by atoms with Gasteiger partial charge in [-0.15, -0.1) is 11.6 Å². The topological polar surface area (TPSA) is 149 Å². The molecular weight excluding hydrogens is 868 g/mol. The molecule has 6 fully saturated rings. The van der Waals surface area contributed by atoms with E-state index < -0.39 is 0 Å². The van der Waals surface area contributed by atoms with Crippen molar-refractivity contribution in [2.45, 2.75) is 13.8 Å². The van der Waals surface area contributed by atoms with Gasteiger partial charge in [0.15, 0.2) is 0 Å². The SMILES string of the molecule is C1CNCCN2CCNCCNCCN(CCN1)CCNCCNCC2.CCCl.CCN1CCNCCN2CCNCCNCCN(CCNCCNCC2)CC1.S=S.S=S. The first-order chi connectivity index (χ1) is 30.2. The fourth-order valence-electron chi connectivity index (χ4n) is 7.16. The quantitative estimate of drug-likeness (QED) is 0.117. The predicted molar refractivity (Wildman–Crippen MR) is 275 cm³/mol. The molecule has 0 spiro atoms. The highest BCUT2D eigenvalue weighted by atomic mass is 35.5. The Morgan fingerprint density at radius 1 is 0.279 bits per heavy atom. The summed E-state index contributed by atoms with van der Waals surface area (Å²) in [6, 6.07) is 0. The molecule has 11 N–H and O–H groups in total. The minimum absolute atomic E-state index is 0.722. The van der Waals surface area contributed by atoms with Gasteiger partial charge in [0.05, 0.1) is 0 Å². The summed E-state index contributed by atoms with van der Waals surface area (Å²) in [7, 11) is 0. The van der Waals surface area contributed by atoms with Crippen LogP contribution in [-0.4, -0.2) is 273 Å². The van der Waals surface area contributed by atoms with E-state index in [1.807, 2.05) is 6.92 Å². The van der Waals surface area contributed by atoms with Crippen LogP contribution in [0.15, 0.2) is 0 Å². The lowest BCUT2D eigenvalue weighted by molar-refractivity contribution is 0.206. The fourth-order valence-corrected chi connectivity index (χ4v) is 7.16. The van der Waals surface area contributed by atoms with E-state index in [2.05, 4.69) is 135 Å². The Bertz CT molecular complexity index is 775. The van der Waals surface area contributed by atoms with Crippen LogP contribution in [-0.2, 0) is 44.8 Å². The third-order valence-corrected chi connectivity index (χ3v) is 10.8. The number of nitrogens with zero attached hydrogens (tertiary/aromatic N) is 5. The summed E-state index contributed by atoms with van der Waals surface area (Å²) in [5.41, 5.74) is 0. The van der Waals surface area contributed by atoms with Gasteiger partial charge in [0.25, 0.3) is 0 Å². The molecule has 61 heavy (non-hydrogen) atoms. The second-order valence-electron chi connectivity index (χ2n) is 15.3. The average molecular weight is 962 g/mol. The molecule has 0 aromatic carbocycles. The first-order valence-electron chi connectivity index (χ1n) is 23.5. The molecule has 0 aromatic rings. The van der Waals surface area contributed by atoms with E-state index in [9.17, 15) is 0 Å². The summed E-state index contributed by atoms with van der Waals surface area (Å²) in [6.07, 6.45) is 0. The summed E-state index contributed by atoms with van der Waals surface area (Å²) in [6.45, 7) is 44.4. The minimum Gasteiger partial charge on any atom is -0.314 e. The number of fused-ring (bicyclic) bond motifs is 42. The number of alkyl halides is 1. The normalized spacial score (nSPS) is 27.1. The van der Waals surface area contributed by atoms with Crippen LogP contribution in [0.1, 0.15) is 13.8 Å². The van der Waals surface area contributed by atoms with E-state index in [1.54, 1.807) is 0 Å². The van der Waals surface area contributed by atoms with E-state index >= 15 is 0 Å². The number of halogens is 1. The van der Waals surface area contributed by atoms with E-state index in [-0.39, 0.29) is 0 Å². The van der Waals surface area contributed by atoms with Crippen LogP contribution in [0, 0.1) is 0 Å². The molecule has 16 nitrogen and oxygen atoms in total. The second-order valence-corrected chi connectivity index (χ2v) is 15.9. The number of nitrogens with one attached hydrogen (secondary N) is 11. The Balaban J connectivity index is 0.00000103. The smallest absolute Gasteiger partial charge is 0.0195 e. The zero-order valence-corrected chi connectivity index (χ0v) is 42.6. The zero-order chi connectivity index (χ0) is 44.5. The summed E-state index contributed by atoms with van der Waals surface area (Å²) >= 11 is 19.7. The highest BCUT2D eigenvalue weighted by molar-refractivity contribution is 8.07. The van der Waals surface area contributed by atoms with Crippen LogP contribution in [0.2, 0.25) is 0 Å². The molecule has 0 radical (unpaired) electrons. The number of hydrogen-bond donors (Lipinski definition) is 11. The Hall–Kier alpha value is 0.530. The molecule has 6 saturated heterocycles. The molecule has 6 heterocycles. The Kier molecular flexibility index (Phi) is 52.0. The van der Waals surface area contributed by atoms with Crippen molar-refractivity contribution in [3.05, 3.63) is 0 Å². The average Bonchev–Trinajstić information content (AvgIpc) is 3.28. The molecule has 0 aliphatic carbocycles. The standard InChI is InChI=1S/C20H46N8.C18H42N8.C2H5Cl.2S2/c1-2-26-13-7-25-12-16-27-14-8-21-3-5-23-10-17-28(20-19-26)18-11-24-6-4-22-9-15-27;1-2-20-8-14-26-17-11-23-5-3-21-9-15-25(13-7-19-1)16-10-22-4-6-24-12-18-26;1-2-3;2*1-2/h21-25H,2-20H2,1H3;19-24H,1-18H2;2H2,1H3;;. The molecule has 0 saturated carbocycles. The summed E-state index contributed by atoms with van der Waals surface area (Å²) in [5.74, 6) is 0.722. The van der Waals surface area contributed by atoms with Gasteiger partial charge in [-0.05, 0) is 6.54 Å². The van der Waals surface area contributed by atoms with E-state index in [4.69, 9.17) is 11.6 Å². The van der Waals surface area contributed by atoms with Crippen LogP contribution in [0.3, 0.4) is 0 Å². The van der Waals surface area contributed by atoms with E-state index in [0.717, 1.165) is 248 Å². The largest absolute Gasteiger partial charge is 0.314 e. The van der Waals surface area contributed by atoms with Gasteiger partial charge in [0, 0.05) is 286 Å². The monoisotopic (exact) mass is 961 g/mol. The van der Waals surface area contributed by atoms with Gasteiger partial charge in [0.2, 0.25) is 0 Å². The van der Waals surface area contributed by atoms with Gasteiger partial charge in [-0.25, -0.2) is 0 Å². The molecular formula is C40H93ClN16S4. The maximum Gasteiger partial charge on any atom is 0.0195 e. The molecule has 4 bridgehead atoms. The molecule has 6 rings (SSSR count). The van der Waals surface area contributed by atoms with Gasteiger partial charge in [-0.3, -0.25) is 19.6 Å². The maximum absolute atomic E-state index is 5.00. The molecule has 21 heteroatoms. The van der Waals surface area contributed by atoms with Crippen molar-refractivity contribution in [3.8, 4) is 0 Å². The second kappa shape index (κ2) is 51.5. The van der Waals surface area contributed by atoms with Crippen LogP contribution in [0.4, 0.5) is 0 Å². The first kappa shape index (κ1) is 61.5. The first-order valence-corrected chi connectivity index (χ1v) is 26.7. The third kappa shape index (κ3) is 41.7. The van der Waals surface area contributed by atoms with Crippen molar-refractivity contribution >= 4 is 56.4 Å². The van der Waals surface area contributed by atoms with Crippen LogP contribution >= 0.6 is 11.6 Å². The third-order valence-electron chi connectivity index (χ3n) is 10.8. The van der Waals surface area contributed by atoms with Crippen molar-refractivity contribution in [1.29, 1.82) is 0 Å². The Morgan fingerprint density at radius 2 is 0.443 bits per heavy atom. The summed E-state index contributed by atoms with van der Waals surface area (Å²) < 4.78 is 0. The maximum atomic E-state index is 5.00. The number of hydrogen-bond acceptors (Lipinski definition) is 20. The summed E-state index contributed by atoms with van der Waals surface area (Å²) in [5, 5.41) is 39.6. The van der Waals surface area contributed by atoms with Crippen LogP contribution in [0.5, 0.6) is 0 Å². The Labute approximate surface area is 399 Å². The van der Waals surface area contributed by atoms with Gasteiger partial charge >= 0.3 is 0 Å². The number of likely N-dealkylation sites (N-methyl/N-ethyl adjacent to an activating group) is 1. The lowest BCUT2D eigenvalue weighted by Crippen LogP contribution is -2.46. The lowest BCUT2D eigenvalue weighted by Gasteiger charge is -2.28. The Morgan fingerprint density at radius 3 is 0.639 bits per heavy atom. The van der Waals surface area contributed by atoms with Crippen LogP contribution in [0.25, 0.3) is 0 Å². The van der Waals surface area contributed by atoms with E-state index in [0.29, 0.717) is 0 Å². The summed E-state index contributed by atoms with van der Waals surface area (Å²) in [4.78, 5) is 12.9. The van der Waals surface area contributed by atoms with Crippen molar-refractivity contribution in [2.75, 3.05) is 248 Å². The molecule has 0 atom stereocenters. The highest BCUT2D eigenvalue weighted by Crippen LogP contribution is 1.94. The molecule has 0 amide bonds. The van der Waals surface area contributed by atoms with Crippen molar-refractivity contribution in [2.24, 2.45) is 0 Å².